The average Bonchev–Trinajstić information content (AvgIpc) is 2.15. The highest BCUT2D eigenvalue weighted by Crippen LogP contribution is 2.07. The summed E-state index contributed by atoms with van der Waals surface area (Å²) in [5.41, 5.74) is 1.90. The molecule has 0 amide bonds. The normalized spacial score (nSPS) is 9.79. The van der Waals surface area contributed by atoms with Crippen LogP contribution in [0.1, 0.15) is 29.3 Å². The van der Waals surface area contributed by atoms with Crippen molar-refractivity contribution in [2.24, 2.45) is 0 Å². The summed E-state index contributed by atoms with van der Waals surface area (Å²) in [7, 11) is 0. The molecule has 0 atom stereocenters. The maximum atomic E-state index is 10.6. The van der Waals surface area contributed by atoms with Crippen molar-refractivity contribution in [2.75, 3.05) is 0 Å². The minimum atomic E-state index is -0.904. The Morgan fingerprint density at radius 1 is 1.50 bits per heavy atom. The zero-order valence-electron chi connectivity index (χ0n) is 8.08. The molecule has 3 heteroatoms. The lowest BCUT2D eigenvalue weighted by molar-refractivity contribution is 0.0697. The molecule has 1 rings (SSSR count). The molecular weight excluding hydrogens is 178 g/mol. The van der Waals surface area contributed by atoms with Crippen molar-refractivity contribution in [3.8, 4) is 0 Å². The van der Waals surface area contributed by atoms with Crippen LogP contribution in [0.5, 0.6) is 0 Å². The van der Waals surface area contributed by atoms with Gasteiger partial charge in [0.05, 0.1) is 5.56 Å². The lowest BCUT2D eigenvalue weighted by Crippen LogP contribution is -1.98. The van der Waals surface area contributed by atoms with E-state index >= 15 is 0 Å². The molecule has 0 unspecified atom stereocenters. The van der Waals surface area contributed by atoms with Crippen LogP contribution in [0.25, 0.3) is 0 Å². The maximum absolute atomic E-state index is 10.6. The first kappa shape index (κ1) is 10.4. The van der Waals surface area contributed by atoms with E-state index in [0.717, 1.165) is 12.0 Å². The fourth-order valence-electron chi connectivity index (χ4n) is 1.19. The van der Waals surface area contributed by atoms with Crippen LogP contribution < -0.4 is 0 Å². The number of nitrogens with one attached hydrogen (secondary N) is 1. The summed E-state index contributed by atoms with van der Waals surface area (Å²) < 4.78 is 0. The molecule has 2 N–H and O–H groups in total. The summed E-state index contributed by atoms with van der Waals surface area (Å²) in [4.78, 5) is 10.6. The SMILES string of the molecule is CC(=N)CCc1cccc(C(=O)O)c1. The number of carbonyl (C=O) groups is 1. The number of carboxylic acid groups (broad SMARTS) is 1. The third-order valence-corrected chi connectivity index (χ3v) is 1.96. The van der Waals surface area contributed by atoms with Crippen LogP contribution in [-0.4, -0.2) is 16.8 Å². The van der Waals surface area contributed by atoms with Gasteiger partial charge >= 0.3 is 5.97 Å². The van der Waals surface area contributed by atoms with Crippen molar-refractivity contribution < 1.29 is 9.90 Å². The van der Waals surface area contributed by atoms with E-state index in [1.165, 1.54) is 0 Å². The predicted octanol–water partition coefficient (Wildman–Crippen LogP) is 2.36. The summed E-state index contributed by atoms with van der Waals surface area (Å²) in [5, 5.41) is 16.0. The lowest BCUT2D eigenvalue weighted by atomic mass is 10.1. The molecule has 0 bridgehead atoms. The lowest BCUT2D eigenvalue weighted by Gasteiger charge is -2.01. The largest absolute Gasteiger partial charge is 0.478 e. The van der Waals surface area contributed by atoms with E-state index in [2.05, 4.69) is 0 Å². The molecule has 0 spiro atoms. The molecule has 74 valence electrons. The van der Waals surface area contributed by atoms with E-state index in [1.54, 1.807) is 25.1 Å². The monoisotopic (exact) mass is 191 g/mol. The van der Waals surface area contributed by atoms with Crippen molar-refractivity contribution in [3.05, 3.63) is 35.4 Å². The number of hydrogen-bond donors (Lipinski definition) is 2. The van der Waals surface area contributed by atoms with Crippen LogP contribution in [0.15, 0.2) is 24.3 Å². The molecule has 0 saturated carbocycles. The number of aromatic carboxylic acids is 1. The molecular formula is C11H13NO2. The molecule has 0 aliphatic heterocycles. The summed E-state index contributed by atoms with van der Waals surface area (Å²) in [5.74, 6) is -0.904. The van der Waals surface area contributed by atoms with E-state index in [9.17, 15) is 4.79 Å². The molecule has 1 aromatic rings. The van der Waals surface area contributed by atoms with E-state index in [-0.39, 0.29) is 0 Å². The third-order valence-electron chi connectivity index (χ3n) is 1.96. The molecule has 0 radical (unpaired) electrons. The van der Waals surface area contributed by atoms with Gasteiger partial charge in [-0.1, -0.05) is 12.1 Å². The molecule has 1 aromatic carbocycles. The van der Waals surface area contributed by atoms with Crippen LogP contribution in [0, 0.1) is 5.41 Å². The van der Waals surface area contributed by atoms with Gasteiger partial charge in [-0.15, -0.1) is 0 Å². The molecule has 0 fully saturated rings. The maximum Gasteiger partial charge on any atom is 0.335 e. The molecule has 0 aliphatic carbocycles. The second-order valence-electron chi connectivity index (χ2n) is 3.29. The summed E-state index contributed by atoms with van der Waals surface area (Å²) >= 11 is 0. The highest BCUT2D eigenvalue weighted by atomic mass is 16.4. The second kappa shape index (κ2) is 4.56. The third kappa shape index (κ3) is 3.01. The fourth-order valence-corrected chi connectivity index (χ4v) is 1.19. The van der Waals surface area contributed by atoms with Gasteiger partial charge in [-0.05, 0) is 37.5 Å². The van der Waals surface area contributed by atoms with E-state index in [4.69, 9.17) is 10.5 Å². The Bertz CT molecular complexity index is 358. The summed E-state index contributed by atoms with van der Waals surface area (Å²) in [6.45, 7) is 1.75. The van der Waals surface area contributed by atoms with E-state index in [0.29, 0.717) is 17.7 Å². The van der Waals surface area contributed by atoms with Crippen molar-refractivity contribution in [2.45, 2.75) is 19.8 Å². The molecule has 0 aliphatic rings. The summed E-state index contributed by atoms with van der Waals surface area (Å²) in [6.07, 6.45) is 1.42. The van der Waals surface area contributed by atoms with Crippen LogP contribution in [0.2, 0.25) is 0 Å². The van der Waals surface area contributed by atoms with Crippen LogP contribution in [-0.2, 0) is 6.42 Å². The van der Waals surface area contributed by atoms with Crippen LogP contribution in [0.4, 0.5) is 0 Å². The van der Waals surface area contributed by atoms with Crippen molar-refractivity contribution in [1.29, 1.82) is 5.41 Å². The number of benzene rings is 1. The zero-order valence-corrected chi connectivity index (χ0v) is 8.08. The Kier molecular flexibility index (Phi) is 3.40. The van der Waals surface area contributed by atoms with Gasteiger partial charge in [-0.3, -0.25) is 0 Å². The Labute approximate surface area is 82.9 Å². The Morgan fingerprint density at radius 2 is 2.21 bits per heavy atom. The van der Waals surface area contributed by atoms with Crippen molar-refractivity contribution in [1.82, 2.24) is 0 Å². The molecule has 0 aromatic heterocycles. The second-order valence-corrected chi connectivity index (χ2v) is 3.29. The smallest absolute Gasteiger partial charge is 0.335 e. The standard InChI is InChI=1S/C11H13NO2/c1-8(12)5-6-9-3-2-4-10(7-9)11(13)14/h2-4,7,12H,5-6H2,1H3,(H,13,14). The molecule has 3 nitrogen and oxygen atoms in total. The summed E-state index contributed by atoms with van der Waals surface area (Å²) in [6, 6.07) is 6.85. The molecule has 0 heterocycles. The quantitative estimate of drug-likeness (QED) is 0.717. The van der Waals surface area contributed by atoms with Gasteiger partial charge in [0, 0.05) is 5.71 Å². The van der Waals surface area contributed by atoms with Gasteiger partial charge in [-0.25, -0.2) is 4.79 Å². The average molecular weight is 191 g/mol. The topological polar surface area (TPSA) is 61.2 Å². The Balaban J connectivity index is 2.73. The number of rotatable bonds is 4. The first-order valence-corrected chi connectivity index (χ1v) is 4.46. The van der Waals surface area contributed by atoms with Gasteiger partial charge in [0.25, 0.3) is 0 Å². The van der Waals surface area contributed by atoms with Crippen LogP contribution in [0.3, 0.4) is 0 Å². The highest BCUT2D eigenvalue weighted by molar-refractivity contribution is 5.87. The number of aryl methyl sites for hydroxylation is 1. The highest BCUT2D eigenvalue weighted by Gasteiger charge is 2.02. The predicted molar refractivity (Wildman–Crippen MR) is 55.1 cm³/mol. The number of hydrogen-bond acceptors (Lipinski definition) is 2. The van der Waals surface area contributed by atoms with E-state index in [1.807, 2.05) is 6.07 Å². The van der Waals surface area contributed by atoms with Crippen LogP contribution >= 0.6 is 0 Å². The van der Waals surface area contributed by atoms with Gasteiger partial charge in [0.1, 0.15) is 0 Å². The van der Waals surface area contributed by atoms with Gasteiger partial charge in [0.15, 0.2) is 0 Å². The fraction of sp³-hybridized carbons (Fsp3) is 0.273. The van der Waals surface area contributed by atoms with Gasteiger partial charge < -0.3 is 10.5 Å². The van der Waals surface area contributed by atoms with E-state index < -0.39 is 5.97 Å². The Hall–Kier alpha value is -1.64. The van der Waals surface area contributed by atoms with Crippen molar-refractivity contribution >= 4 is 11.7 Å². The zero-order chi connectivity index (χ0) is 10.6. The van der Waals surface area contributed by atoms with Gasteiger partial charge in [0.2, 0.25) is 0 Å². The van der Waals surface area contributed by atoms with Crippen molar-refractivity contribution in [3.63, 3.8) is 0 Å². The first-order valence-electron chi connectivity index (χ1n) is 4.46. The molecule has 0 saturated heterocycles. The minimum absolute atomic E-state index is 0.310. The number of carboxylic acids is 1. The first-order chi connectivity index (χ1) is 6.59. The Morgan fingerprint density at radius 3 is 2.79 bits per heavy atom. The minimum Gasteiger partial charge on any atom is -0.478 e. The van der Waals surface area contributed by atoms with Gasteiger partial charge in [-0.2, -0.15) is 0 Å². The molecule has 14 heavy (non-hydrogen) atoms.